The first-order valence-electron chi connectivity index (χ1n) is 9.20. The van der Waals surface area contributed by atoms with Crippen molar-refractivity contribution in [2.75, 3.05) is 13.7 Å². The third kappa shape index (κ3) is 4.47. The van der Waals surface area contributed by atoms with Crippen LogP contribution < -0.4 is 30.7 Å². The molecule has 9 heteroatoms. The topological polar surface area (TPSA) is 116 Å². The average molecular weight is 429 g/mol. The maximum atomic E-state index is 12.9. The Morgan fingerprint density at radius 2 is 1.87 bits per heavy atom. The molecule has 2 aromatic carbocycles. The van der Waals surface area contributed by atoms with Gasteiger partial charge in [0.05, 0.1) is 34.9 Å². The number of ether oxygens (including phenoxy) is 2. The lowest BCUT2D eigenvalue weighted by molar-refractivity contribution is 0.294. The third-order valence-electron chi connectivity index (χ3n) is 4.39. The van der Waals surface area contributed by atoms with Crippen molar-refractivity contribution in [1.29, 1.82) is 0 Å². The minimum absolute atomic E-state index is 0.0371. The number of aromatic nitrogens is 2. The summed E-state index contributed by atoms with van der Waals surface area (Å²) < 4.78 is 35.1. The maximum absolute atomic E-state index is 12.9. The summed E-state index contributed by atoms with van der Waals surface area (Å²) in [5.41, 5.74) is 0.875. The molecule has 1 aromatic heterocycles. The number of H-pyrrole nitrogens is 1. The Bertz CT molecular complexity index is 1320. The number of nitrogens with one attached hydrogen (secondary N) is 1. The zero-order chi connectivity index (χ0) is 21.9. The van der Waals surface area contributed by atoms with Crippen LogP contribution in [0, 0.1) is 0 Å². The lowest BCUT2D eigenvalue weighted by Crippen LogP contribution is -2.33. The van der Waals surface area contributed by atoms with E-state index in [1.54, 1.807) is 25.3 Å². The molecule has 0 amide bonds. The fraction of sp³-hybridized carbons (Fsp3) is 0.190. The van der Waals surface area contributed by atoms with Gasteiger partial charge in [0.15, 0.2) is 11.5 Å². The molecule has 0 fully saturated rings. The van der Waals surface area contributed by atoms with Gasteiger partial charge in [0.1, 0.15) is 0 Å². The van der Waals surface area contributed by atoms with Crippen LogP contribution in [0.15, 0.2) is 52.2 Å². The van der Waals surface area contributed by atoms with Crippen molar-refractivity contribution in [3.8, 4) is 17.2 Å². The van der Waals surface area contributed by atoms with Crippen molar-refractivity contribution < 1.29 is 17.9 Å². The van der Waals surface area contributed by atoms with Gasteiger partial charge in [-0.3, -0.25) is 9.89 Å². The van der Waals surface area contributed by atoms with Gasteiger partial charge < -0.3 is 9.47 Å². The van der Waals surface area contributed by atoms with Crippen LogP contribution in [0.4, 0.5) is 0 Å². The summed E-state index contributed by atoms with van der Waals surface area (Å²) in [6.07, 6.45) is 2.57. The fourth-order valence-electron chi connectivity index (χ4n) is 2.88. The summed E-state index contributed by atoms with van der Waals surface area (Å²) >= 11 is 0. The SMILES string of the molecule is C=c1[nH]n(-c2ccc(S(N)(=O)=O)cc2)c(=O)/c1=C\c1ccc(OCCC)c(OC)c1. The van der Waals surface area contributed by atoms with E-state index in [4.69, 9.17) is 14.6 Å². The number of nitrogens with two attached hydrogens (primary N) is 1. The van der Waals surface area contributed by atoms with E-state index in [1.165, 1.54) is 28.9 Å². The van der Waals surface area contributed by atoms with Crippen LogP contribution in [-0.2, 0) is 10.0 Å². The second kappa shape index (κ2) is 8.60. The molecule has 0 aliphatic heterocycles. The van der Waals surface area contributed by atoms with E-state index < -0.39 is 10.0 Å². The quantitative estimate of drug-likeness (QED) is 0.578. The van der Waals surface area contributed by atoms with Crippen LogP contribution >= 0.6 is 0 Å². The highest BCUT2D eigenvalue weighted by Crippen LogP contribution is 2.28. The Hall–Kier alpha value is -3.30. The fourth-order valence-corrected chi connectivity index (χ4v) is 3.40. The predicted octanol–water partition coefficient (Wildman–Crippen LogP) is 0.850. The van der Waals surface area contributed by atoms with E-state index in [-0.39, 0.29) is 10.5 Å². The zero-order valence-corrected chi connectivity index (χ0v) is 17.5. The van der Waals surface area contributed by atoms with E-state index >= 15 is 0 Å². The van der Waals surface area contributed by atoms with Gasteiger partial charge in [-0.05, 0) is 54.5 Å². The molecular formula is C21H23N3O5S. The highest BCUT2D eigenvalue weighted by Gasteiger charge is 2.10. The van der Waals surface area contributed by atoms with Gasteiger partial charge >= 0.3 is 0 Å². The Morgan fingerprint density at radius 3 is 2.47 bits per heavy atom. The highest BCUT2D eigenvalue weighted by molar-refractivity contribution is 7.89. The first-order valence-corrected chi connectivity index (χ1v) is 10.7. The monoisotopic (exact) mass is 429 g/mol. The Balaban J connectivity index is 2.03. The molecule has 0 bridgehead atoms. The summed E-state index contributed by atoms with van der Waals surface area (Å²) in [7, 11) is -2.26. The third-order valence-corrected chi connectivity index (χ3v) is 5.32. The molecule has 8 nitrogen and oxygen atoms in total. The molecule has 3 N–H and O–H groups in total. The molecule has 158 valence electrons. The maximum Gasteiger partial charge on any atom is 0.279 e. The minimum atomic E-state index is -3.81. The number of nitrogens with zero attached hydrogens (tertiary/aromatic N) is 1. The second-order valence-corrected chi connectivity index (χ2v) is 8.15. The summed E-state index contributed by atoms with van der Waals surface area (Å²) in [5, 5.41) is 8.80. The molecule has 30 heavy (non-hydrogen) atoms. The van der Waals surface area contributed by atoms with Crippen molar-refractivity contribution in [1.82, 2.24) is 9.78 Å². The van der Waals surface area contributed by atoms with Crippen LogP contribution in [0.2, 0.25) is 0 Å². The Labute approximate surface area is 173 Å². The van der Waals surface area contributed by atoms with Crippen LogP contribution in [-0.4, -0.2) is 31.9 Å². The van der Waals surface area contributed by atoms with Gasteiger partial charge in [-0.1, -0.05) is 19.6 Å². The van der Waals surface area contributed by atoms with Crippen LogP contribution in [0.3, 0.4) is 0 Å². The first-order chi connectivity index (χ1) is 14.2. The van der Waals surface area contributed by atoms with Crippen molar-refractivity contribution in [3.05, 3.63) is 68.9 Å². The lowest BCUT2D eigenvalue weighted by atomic mass is 10.1. The summed E-state index contributed by atoms with van der Waals surface area (Å²) in [4.78, 5) is 12.9. The lowest BCUT2D eigenvalue weighted by Gasteiger charge is -2.10. The second-order valence-electron chi connectivity index (χ2n) is 6.59. The van der Waals surface area contributed by atoms with Gasteiger partial charge in [0, 0.05) is 0 Å². The molecule has 0 atom stereocenters. The Kier molecular flexibility index (Phi) is 6.14. The predicted molar refractivity (Wildman–Crippen MR) is 115 cm³/mol. The molecule has 3 aromatic rings. The molecule has 0 radical (unpaired) electrons. The highest BCUT2D eigenvalue weighted by atomic mass is 32.2. The van der Waals surface area contributed by atoms with E-state index in [1.807, 2.05) is 13.0 Å². The number of aromatic amines is 1. The van der Waals surface area contributed by atoms with Crippen molar-refractivity contribution >= 4 is 22.7 Å². The van der Waals surface area contributed by atoms with Crippen LogP contribution in [0.1, 0.15) is 18.9 Å². The van der Waals surface area contributed by atoms with E-state index in [9.17, 15) is 13.2 Å². The smallest absolute Gasteiger partial charge is 0.279 e. The number of methoxy groups -OCH3 is 1. The largest absolute Gasteiger partial charge is 0.493 e. The molecule has 1 heterocycles. The van der Waals surface area contributed by atoms with Crippen molar-refractivity contribution in [2.24, 2.45) is 5.14 Å². The molecule has 0 aliphatic carbocycles. The molecule has 0 saturated heterocycles. The average Bonchev–Trinajstić information content (AvgIpc) is 3.00. The molecule has 0 aliphatic rings. The number of benzene rings is 2. The zero-order valence-electron chi connectivity index (χ0n) is 16.7. The normalized spacial score (nSPS) is 12.2. The van der Waals surface area contributed by atoms with Crippen molar-refractivity contribution in [2.45, 2.75) is 18.2 Å². The minimum Gasteiger partial charge on any atom is -0.493 e. The van der Waals surface area contributed by atoms with E-state index in [0.29, 0.717) is 34.4 Å². The first kappa shape index (κ1) is 21.4. The number of hydrogen-bond donors (Lipinski definition) is 2. The number of hydrogen-bond acceptors (Lipinski definition) is 5. The van der Waals surface area contributed by atoms with E-state index in [0.717, 1.165) is 12.0 Å². The van der Waals surface area contributed by atoms with Crippen LogP contribution in [0.25, 0.3) is 18.3 Å². The van der Waals surface area contributed by atoms with Gasteiger partial charge in [0.2, 0.25) is 10.0 Å². The molecule has 0 saturated carbocycles. The number of rotatable bonds is 7. The summed E-state index contributed by atoms with van der Waals surface area (Å²) in [5.74, 6) is 1.20. The Morgan fingerprint density at radius 1 is 1.17 bits per heavy atom. The summed E-state index contributed by atoms with van der Waals surface area (Å²) in [6, 6.07) is 11.1. The molecular weight excluding hydrogens is 406 g/mol. The van der Waals surface area contributed by atoms with Gasteiger partial charge in [-0.25, -0.2) is 18.2 Å². The van der Waals surface area contributed by atoms with Gasteiger partial charge in [0.25, 0.3) is 5.56 Å². The van der Waals surface area contributed by atoms with E-state index in [2.05, 4.69) is 11.7 Å². The molecule has 0 spiro atoms. The molecule has 0 unspecified atom stereocenters. The van der Waals surface area contributed by atoms with Gasteiger partial charge in [-0.15, -0.1) is 0 Å². The van der Waals surface area contributed by atoms with Crippen LogP contribution in [0.5, 0.6) is 11.5 Å². The number of sulfonamides is 1. The summed E-state index contributed by atoms with van der Waals surface area (Å²) in [6.45, 7) is 6.50. The van der Waals surface area contributed by atoms with Crippen molar-refractivity contribution in [3.63, 3.8) is 0 Å². The molecule has 3 rings (SSSR count). The standard InChI is InChI=1S/C21H23N3O5S/c1-4-11-29-19-10-5-15(13-20(19)28-3)12-18-14(2)23-24(21(18)25)16-6-8-17(9-7-16)30(22,26)27/h5-10,12-13,23H,2,4,11H2,1,3H3,(H2,22,26,27)/b18-12-. The number of primary sulfonamides is 1. The van der Waals surface area contributed by atoms with Gasteiger partial charge in [-0.2, -0.15) is 0 Å².